The molecule has 0 aliphatic carbocycles. The van der Waals surface area contributed by atoms with Crippen molar-refractivity contribution < 1.29 is 37.0 Å². The number of ether oxygens (including phenoxy) is 3. The second-order valence-corrected chi connectivity index (χ2v) is 10.2. The van der Waals surface area contributed by atoms with E-state index in [1.165, 1.54) is 11.0 Å². The van der Waals surface area contributed by atoms with Crippen LogP contribution in [0.15, 0.2) is 42.5 Å². The summed E-state index contributed by atoms with van der Waals surface area (Å²) in [7, 11) is 1.59. The number of aromatic nitrogens is 2. The van der Waals surface area contributed by atoms with E-state index in [9.17, 15) is 22.8 Å². The molecule has 3 heterocycles. The SMILES string of the molecule is CN(C(=O)c1cccc(-n2nc(C(F)(F)F)c3c2CCCN3C(=O)OC(C)(C)C)c1)c1ccc2c(c1)OCO2. The lowest BCUT2D eigenvalue weighted by Gasteiger charge is -2.30. The minimum atomic E-state index is -4.82. The molecule has 0 radical (unpaired) electrons. The summed E-state index contributed by atoms with van der Waals surface area (Å²) in [6.07, 6.45) is -5.02. The van der Waals surface area contributed by atoms with Gasteiger partial charge in [-0.05, 0) is 63.9 Å². The maximum Gasteiger partial charge on any atom is 0.437 e. The molecule has 3 aromatic rings. The van der Waals surface area contributed by atoms with Crippen molar-refractivity contribution in [3.8, 4) is 17.2 Å². The molecule has 39 heavy (non-hydrogen) atoms. The molecule has 0 bridgehead atoms. The van der Waals surface area contributed by atoms with Crippen molar-refractivity contribution in [1.82, 2.24) is 9.78 Å². The van der Waals surface area contributed by atoms with Gasteiger partial charge in [0.25, 0.3) is 5.91 Å². The van der Waals surface area contributed by atoms with Crippen molar-refractivity contribution in [2.75, 3.05) is 30.2 Å². The summed E-state index contributed by atoms with van der Waals surface area (Å²) >= 11 is 0. The third kappa shape index (κ3) is 5.10. The first-order chi connectivity index (χ1) is 18.3. The summed E-state index contributed by atoms with van der Waals surface area (Å²) in [5, 5.41) is 3.89. The van der Waals surface area contributed by atoms with Gasteiger partial charge in [-0.1, -0.05) is 6.07 Å². The molecule has 0 unspecified atom stereocenters. The molecule has 0 saturated carbocycles. The number of amides is 2. The van der Waals surface area contributed by atoms with Gasteiger partial charge in [-0.3, -0.25) is 9.69 Å². The van der Waals surface area contributed by atoms with E-state index in [0.29, 0.717) is 23.6 Å². The van der Waals surface area contributed by atoms with Crippen LogP contribution in [-0.4, -0.2) is 47.8 Å². The highest BCUT2D eigenvalue weighted by molar-refractivity contribution is 6.06. The fourth-order valence-corrected chi connectivity index (χ4v) is 4.55. The van der Waals surface area contributed by atoms with Crippen LogP contribution in [0.2, 0.25) is 0 Å². The number of carbonyl (C=O) groups is 2. The Morgan fingerprint density at radius 3 is 2.51 bits per heavy atom. The Kier molecular flexibility index (Phi) is 6.44. The zero-order chi connectivity index (χ0) is 28.1. The van der Waals surface area contributed by atoms with Gasteiger partial charge in [-0.2, -0.15) is 18.3 Å². The van der Waals surface area contributed by atoms with E-state index in [-0.39, 0.29) is 48.3 Å². The van der Waals surface area contributed by atoms with Crippen molar-refractivity contribution in [3.63, 3.8) is 0 Å². The van der Waals surface area contributed by atoms with Crippen LogP contribution in [0.5, 0.6) is 11.5 Å². The number of rotatable bonds is 3. The average molecular weight is 545 g/mol. The Morgan fingerprint density at radius 2 is 1.79 bits per heavy atom. The van der Waals surface area contributed by atoms with E-state index >= 15 is 0 Å². The number of benzene rings is 2. The molecule has 2 aliphatic rings. The van der Waals surface area contributed by atoms with E-state index in [2.05, 4.69) is 5.10 Å². The van der Waals surface area contributed by atoms with Crippen LogP contribution in [0, 0.1) is 0 Å². The number of hydrogen-bond acceptors (Lipinski definition) is 6. The van der Waals surface area contributed by atoms with E-state index in [1.54, 1.807) is 64.2 Å². The quantitative estimate of drug-likeness (QED) is 0.428. The Balaban J connectivity index is 1.52. The predicted molar refractivity (Wildman–Crippen MR) is 136 cm³/mol. The Hall–Kier alpha value is -4.22. The summed E-state index contributed by atoms with van der Waals surface area (Å²) in [6.45, 7) is 5.10. The third-order valence-corrected chi connectivity index (χ3v) is 6.29. The zero-order valence-corrected chi connectivity index (χ0v) is 21.8. The monoisotopic (exact) mass is 544 g/mol. The van der Waals surface area contributed by atoms with Crippen LogP contribution >= 0.6 is 0 Å². The van der Waals surface area contributed by atoms with Crippen LogP contribution in [0.1, 0.15) is 48.9 Å². The van der Waals surface area contributed by atoms with Crippen molar-refractivity contribution in [3.05, 3.63) is 59.4 Å². The van der Waals surface area contributed by atoms with Gasteiger partial charge in [0, 0.05) is 30.9 Å². The second-order valence-electron chi connectivity index (χ2n) is 10.2. The Morgan fingerprint density at radius 1 is 1.05 bits per heavy atom. The lowest BCUT2D eigenvalue weighted by Crippen LogP contribution is -2.40. The zero-order valence-electron chi connectivity index (χ0n) is 21.8. The lowest BCUT2D eigenvalue weighted by molar-refractivity contribution is -0.140. The van der Waals surface area contributed by atoms with Crippen molar-refractivity contribution in [2.45, 2.75) is 45.4 Å². The van der Waals surface area contributed by atoms with Gasteiger partial charge in [-0.25, -0.2) is 9.48 Å². The molecule has 0 atom stereocenters. The second kappa shape index (κ2) is 9.51. The fraction of sp³-hybridized carbons (Fsp3) is 0.370. The van der Waals surface area contributed by atoms with Crippen LogP contribution < -0.4 is 19.3 Å². The number of halogens is 3. The first-order valence-electron chi connectivity index (χ1n) is 12.3. The topological polar surface area (TPSA) is 86.1 Å². The summed E-state index contributed by atoms with van der Waals surface area (Å²) in [5.41, 5.74) is -1.12. The van der Waals surface area contributed by atoms with Gasteiger partial charge in [0.2, 0.25) is 6.79 Å². The maximum absolute atomic E-state index is 14.1. The molecule has 0 fully saturated rings. The lowest BCUT2D eigenvalue weighted by atomic mass is 10.1. The summed E-state index contributed by atoms with van der Waals surface area (Å²) in [5.74, 6) is 0.701. The first-order valence-corrected chi connectivity index (χ1v) is 12.3. The number of anilines is 2. The van der Waals surface area contributed by atoms with E-state index in [1.807, 2.05) is 0 Å². The van der Waals surface area contributed by atoms with E-state index < -0.39 is 23.6 Å². The van der Waals surface area contributed by atoms with Crippen molar-refractivity contribution in [1.29, 1.82) is 0 Å². The number of nitrogens with zero attached hydrogens (tertiary/aromatic N) is 4. The predicted octanol–water partition coefficient (Wildman–Crippen LogP) is 5.58. The largest absolute Gasteiger partial charge is 0.454 e. The summed E-state index contributed by atoms with van der Waals surface area (Å²) < 4.78 is 59.7. The van der Waals surface area contributed by atoms with Gasteiger partial charge in [-0.15, -0.1) is 0 Å². The van der Waals surface area contributed by atoms with Crippen LogP contribution in [0.3, 0.4) is 0 Å². The highest BCUT2D eigenvalue weighted by atomic mass is 19.4. The third-order valence-electron chi connectivity index (χ3n) is 6.29. The minimum Gasteiger partial charge on any atom is -0.454 e. The molecule has 1 aromatic heterocycles. The molecule has 2 aromatic carbocycles. The highest BCUT2D eigenvalue weighted by Gasteiger charge is 2.44. The van der Waals surface area contributed by atoms with Crippen LogP contribution in [0.4, 0.5) is 29.3 Å². The standard InChI is InChI=1S/C27H27F3N4O5/c1-26(2,3)39-25(36)33-12-6-9-19-22(33)23(27(28,29)30)31-34(19)18-8-5-7-16(13-18)24(35)32(4)17-10-11-20-21(14-17)38-15-37-20/h5,7-8,10-11,13-14H,6,9,12,15H2,1-4H3. The van der Waals surface area contributed by atoms with Crippen LogP contribution in [0.25, 0.3) is 5.69 Å². The summed E-state index contributed by atoms with van der Waals surface area (Å²) in [4.78, 5) is 28.6. The average Bonchev–Trinajstić information content (AvgIpc) is 3.51. The molecule has 2 amide bonds. The molecular weight excluding hydrogens is 517 g/mol. The Bertz CT molecular complexity index is 1440. The Labute approximate surface area is 222 Å². The summed E-state index contributed by atoms with van der Waals surface area (Å²) in [6, 6.07) is 11.3. The van der Waals surface area contributed by atoms with Gasteiger partial charge in [0.1, 0.15) is 11.3 Å². The smallest absolute Gasteiger partial charge is 0.437 e. The molecule has 0 spiro atoms. The number of fused-ring (bicyclic) bond motifs is 2. The fourth-order valence-electron chi connectivity index (χ4n) is 4.55. The molecule has 12 heteroatoms. The molecule has 206 valence electrons. The highest BCUT2D eigenvalue weighted by Crippen LogP contribution is 2.42. The van der Waals surface area contributed by atoms with Gasteiger partial charge in [0.15, 0.2) is 17.2 Å². The normalized spacial score (nSPS) is 14.7. The van der Waals surface area contributed by atoms with Gasteiger partial charge in [0.05, 0.1) is 11.4 Å². The number of hydrogen-bond donors (Lipinski definition) is 0. The van der Waals surface area contributed by atoms with Crippen LogP contribution in [-0.2, 0) is 17.3 Å². The maximum atomic E-state index is 14.1. The van der Waals surface area contributed by atoms with Gasteiger partial charge < -0.3 is 19.1 Å². The molecule has 9 nitrogen and oxygen atoms in total. The minimum absolute atomic E-state index is 0.0650. The van der Waals surface area contributed by atoms with Gasteiger partial charge >= 0.3 is 12.3 Å². The molecule has 2 aliphatic heterocycles. The van der Waals surface area contributed by atoms with Crippen molar-refractivity contribution in [2.24, 2.45) is 0 Å². The van der Waals surface area contributed by atoms with E-state index in [4.69, 9.17) is 14.2 Å². The number of carbonyl (C=O) groups excluding carboxylic acids is 2. The molecule has 0 saturated heterocycles. The van der Waals surface area contributed by atoms with Crippen molar-refractivity contribution >= 4 is 23.4 Å². The molecular formula is C27H27F3N4O5. The number of alkyl halides is 3. The molecule has 0 N–H and O–H groups in total. The first kappa shape index (κ1) is 26.4. The molecule has 5 rings (SSSR count). The van der Waals surface area contributed by atoms with E-state index in [0.717, 1.165) is 9.58 Å².